The third-order valence-electron chi connectivity index (χ3n) is 4.49. The van der Waals surface area contributed by atoms with Crippen LogP contribution in [0.3, 0.4) is 0 Å². The summed E-state index contributed by atoms with van der Waals surface area (Å²) in [7, 11) is 1.62. The van der Waals surface area contributed by atoms with E-state index in [1.165, 1.54) is 5.56 Å². The molecule has 7 nitrogen and oxygen atoms in total. The Balaban J connectivity index is 1.68. The number of nitrogens with zero attached hydrogens (tertiary/aromatic N) is 4. The van der Waals surface area contributed by atoms with Gasteiger partial charge in [0.15, 0.2) is 0 Å². The molecule has 2 aromatic heterocycles. The van der Waals surface area contributed by atoms with Crippen LogP contribution in [0.1, 0.15) is 46.4 Å². The van der Waals surface area contributed by atoms with Crippen LogP contribution < -0.4 is 5.32 Å². The highest BCUT2D eigenvalue weighted by Gasteiger charge is 2.24. The molecule has 0 radical (unpaired) electrons. The molecule has 124 valence electrons. The highest BCUT2D eigenvalue weighted by molar-refractivity contribution is 5.91. The molecular weight excluding hydrogens is 294 g/mol. The summed E-state index contributed by atoms with van der Waals surface area (Å²) in [5, 5.41) is 11.1. The molecule has 0 unspecified atom stereocenters. The lowest BCUT2D eigenvalue weighted by atomic mass is 10.0. The Bertz CT molecular complexity index is 671. The van der Waals surface area contributed by atoms with Crippen LogP contribution in [0.15, 0.2) is 16.8 Å². The summed E-state index contributed by atoms with van der Waals surface area (Å²) < 4.78 is 7.17. The second kappa shape index (κ2) is 6.54. The van der Waals surface area contributed by atoms with Gasteiger partial charge in [-0.15, -0.1) is 0 Å². The number of rotatable bonds is 4. The maximum absolute atomic E-state index is 11.6. The quantitative estimate of drug-likeness (QED) is 0.928. The number of hydrogen-bond acceptors (Lipinski definition) is 5. The van der Waals surface area contributed by atoms with Gasteiger partial charge in [-0.1, -0.05) is 5.16 Å². The topological polar surface area (TPSA) is 76.2 Å². The molecule has 1 aliphatic rings. The van der Waals surface area contributed by atoms with Gasteiger partial charge in [-0.05, 0) is 39.3 Å². The zero-order valence-corrected chi connectivity index (χ0v) is 13.9. The predicted molar refractivity (Wildman–Crippen MR) is 85.1 cm³/mol. The maximum atomic E-state index is 11.6. The SMILES string of the molecule is CNC(=O)c1ccn([C@H]2CCCN(Cc3c(C)noc3C)C2)n1. The van der Waals surface area contributed by atoms with E-state index in [4.69, 9.17) is 4.52 Å². The van der Waals surface area contributed by atoms with Crippen molar-refractivity contribution >= 4 is 5.91 Å². The van der Waals surface area contributed by atoms with Crippen LogP contribution in [0.4, 0.5) is 0 Å². The monoisotopic (exact) mass is 317 g/mol. The van der Waals surface area contributed by atoms with Crippen molar-refractivity contribution in [2.45, 2.75) is 39.3 Å². The van der Waals surface area contributed by atoms with Crippen molar-refractivity contribution in [2.75, 3.05) is 20.1 Å². The lowest BCUT2D eigenvalue weighted by Gasteiger charge is -2.32. The van der Waals surface area contributed by atoms with E-state index < -0.39 is 0 Å². The molecule has 1 atom stereocenters. The molecule has 1 N–H and O–H groups in total. The third kappa shape index (κ3) is 3.29. The number of piperidine rings is 1. The molecule has 1 amide bonds. The largest absolute Gasteiger partial charge is 0.361 e. The smallest absolute Gasteiger partial charge is 0.271 e. The van der Waals surface area contributed by atoms with Crippen molar-refractivity contribution in [3.8, 4) is 0 Å². The van der Waals surface area contributed by atoms with Crippen molar-refractivity contribution < 1.29 is 9.32 Å². The van der Waals surface area contributed by atoms with Crippen LogP contribution in [0.5, 0.6) is 0 Å². The van der Waals surface area contributed by atoms with E-state index in [1.54, 1.807) is 13.1 Å². The Labute approximate surface area is 135 Å². The zero-order valence-electron chi connectivity index (χ0n) is 13.9. The van der Waals surface area contributed by atoms with Crippen molar-refractivity contribution in [3.63, 3.8) is 0 Å². The van der Waals surface area contributed by atoms with E-state index in [9.17, 15) is 4.79 Å². The Kier molecular flexibility index (Phi) is 4.47. The van der Waals surface area contributed by atoms with Crippen LogP contribution in [0.25, 0.3) is 0 Å². The standard InChI is InChI=1S/C16H23N5O2/c1-11-14(12(2)23-19-11)10-20-7-4-5-13(9-20)21-8-6-15(18-21)16(22)17-3/h6,8,13H,4-5,7,9-10H2,1-3H3,(H,17,22)/t13-/m0/s1. The van der Waals surface area contributed by atoms with Gasteiger partial charge in [0.1, 0.15) is 11.5 Å². The first-order valence-corrected chi connectivity index (χ1v) is 8.00. The molecule has 0 spiro atoms. The lowest BCUT2D eigenvalue weighted by Crippen LogP contribution is -2.36. The Hall–Kier alpha value is -2.15. The van der Waals surface area contributed by atoms with Crippen molar-refractivity contribution in [1.29, 1.82) is 0 Å². The second-order valence-electron chi connectivity index (χ2n) is 6.09. The molecule has 23 heavy (non-hydrogen) atoms. The normalized spacial score (nSPS) is 19.0. The first-order valence-electron chi connectivity index (χ1n) is 8.00. The van der Waals surface area contributed by atoms with Crippen LogP contribution in [-0.2, 0) is 6.54 Å². The summed E-state index contributed by atoms with van der Waals surface area (Å²) in [6.07, 6.45) is 4.09. The zero-order chi connectivity index (χ0) is 16.4. The number of aromatic nitrogens is 3. The highest BCUT2D eigenvalue weighted by Crippen LogP contribution is 2.24. The number of carbonyl (C=O) groups is 1. The minimum atomic E-state index is -0.146. The molecule has 0 saturated carbocycles. The van der Waals surface area contributed by atoms with Gasteiger partial charge in [0, 0.05) is 31.9 Å². The van der Waals surface area contributed by atoms with E-state index >= 15 is 0 Å². The molecule has 3 heterocycles. The number of carbonyl (C=O) groups excluding carboxylic acids is 1. The third-order valence-corrected chi connectivity index (χ3v) is 4.49. The van der Waals surface area contributed by atoms with E-state index in [-0.39, 0.29) is 5.91 Å². The average molecular weight is 317 g/mol. The lowest BCUT2D eigenvalue weighted by molar-refractivity contribution is 0.0955. The molecule has 3 rings (SSSR count). The Morgan fingerprint density at radius 2 is 2.30 bits per heavy atom. The van der Waals surface area contributed by atoms with Crippen LogP contribution in [0.2, 0.25) is 0 Å². The average Bonchev–Trinajstić information content (AvgIpc) is 3.17. The van der Waals surface area contributed by atoms with Crippen LogP contribution >= 0.6 is 0 Å². The summed E-state index contributed by atoms with van der Waals surface area (Å²) in [5.41, 5.74) is 2.61. The summed E-state index contributed by atoms with van der Waals surface area (Å²) >= 11 is 0. The maximum Gasteiger partial charge on any atom is 0.271 e. The van der Waals surface area contributed by atoms with Gasteiger partial charge < -0.3 is 9.84 Å². The summed E-state index contributed by atoms with van der Waals surface area (Å²) in [5.74, 6) is 0.748. The number of aryl methyl sites for hydroxylation is 2. The van der Waals surface area contributed by atoms with Crippen molar-refractivity contribution in [3.05, 3.63) is 35.0 Å². The van der Waals surface area contributed by atoms with Gasteiger partial charge in [0.25, 0.3) is 5.91 Å². The summed E-state index contributed by atoms with van der Waals surface area (Å²) in [6, 6.07) is 2.06. The van der Waals surface area contributed by atoms with E-state index in [0.29, 0.717) is 11.7 Å². The van der Waals surface area contributed by atoms with E-state index in [1.807, 2.05) is 24.7 Å². The fourth-order valence-corrected chi connectivity index (χ4v) is 3.13. The summed E-state index contributed by atoms with van der Waals surface area (Å²) in [4.78, 5) is 14.1. The van der Waals surface area contributed by atoms with E-state index in [0.717, 1.165) is 43.9 Å². The molecule has 1 saturated heterocycles. The van der Waals surface area contributed by atoms with Crippen molar-refractivity contribution in [1.82, 2.24) is 25.2 Å². The molecule has 7 heteroatoms. The van der Waals surface area contributed by atoms with E-state index in [2.05, 4.69) is 20.5 Å². The molecule has 0 aromatic carbocycles. The van der Waals surface area contributed by atoms with Gasteiger partial charge in [-0.3, -0.25) is 14.4 Å². The Morgan fingerprint density at radius 1 is 1.48 bits per heavy atom. The fraction of sp³-hybridized carbons (Fsp3) is 0.562. The molecule has 1 fully saturated rings. The first-order chi connectivity index (χ1) is 11.1. The van der Waals surface area contributed by atoms with Gasteiger partial charge in [0.05, 0.1) is 11.7 Å². The minimum absolute atomic E-state index is 0.146. The van der Waals surface area contributed by atoms with Gasteiger partial charge in [0.2, 0.25) is 0 Å². The molecule has 0 bridgehead atoms. The number of likely N-dealkylation sites (tertiary alicyclic amines) is 1. The van der Waals surface area contributed by atoms with Crippen LogP contribution in [0, 0.1) is 13.8 Å². The van der Waals surface area contributed by atoms with Crippen LogP contribution in [-0.4, -0.2) is 45.9 Å². The Morgan fingerprint density at radius 3 is 3.00 bits per heavy atom. The minimum Gasteiger partial charge on any atom is -0.361 e. The first kappa shape index (κ1) is 15.7. The number of hydrogen-bond donors (Lipinski definition) is 1. The number of nitrogens with one attached hydrogen (secondary N) is 1. The summed E-state index contributed by atoms with van der Waals surface area (Å²) in [6.45, 7) is 6.76. The molecule has 2 aromatic rings. The number of amides is 1. The molecule has 0 aliphatic carbocycles. The van der Waals surface area contributed by atoms with Gasteiger partial charge in [-0.2, -0.15) is 5.10 Å². The fourth-order valence-electron chi connectivity index (χ4n) is 3.13. The van der Waals surface area contributed by atoms with Gasteiger partial charge >= 0.3 is 0 Å². The van der Waals surface area contributed by atoms with Gasteiger partial charge in [-0.25, -0.2) is 0 Å². The van der Waals surface area contributed by atoms with Crippen molar-refractivity contribution in [2.24, 2.45) is 0 Å². The predicted octanol–water partition coefficient (Wildman–Crippen LogP) is 1.68. The molecular formula is C16H23N5O2. The molecule has 1 aliphatic heterocycles. The highest BCUT2D eigenvalue weighted by atomic mass is 16.5. The second-order valence-corrected chi connectivity index (χ2v) is 6.09.